The van der Waals surface area contributed by atoms with Gasteiger partial charge in [0.25, 0.3) is 0 Å². The molecular formula is C13H24N2O5. The maximum atomic E-state index is 11.3. The number of rotatable bonds is 9. The van der Waals surface area contributed by atoms with Crippen LogP contribution in [-0.2, 0) is 14.3 Å². The Morgan fingerprint density at radius 1 is 1.20 bits per heavy atom. The van der Waals surface area contributed by atoms with Crippen molar-refractivity contribution in [2.45, 2.75) is 40.0 Å². The molecule has 0 heterocycles. The molecule has 0 aliphatic carbocycles. The van der Waals surface area contributed by atoms with Gasteiger partial charge in [0.1, 0.15) is 0 Å². The number of ether oxygens (including phenoxy) is 1. The third-order valence-electron chi connectivity index (χ3n) is 2.80. The largest absolute Gasteiger partial charge is 0.481 e. The monoisotopic (exact) mass is 288 g/mol. The van der Waals surface area contributed by atoms with Crippen LogP contribution in [0.15, 0.2) is 0 Å². The van der Waals surface area contributed by atoms with Crippen LogP contribution < -0.4 is 10.6 Å². The van der Waals surface area contributed by atoms with Crippen molar-refractivity contribution < 1.29 is 24.2 Å². The summed E-state index contributed by atoms with van der Waals surface area (Å²) in [4.78, 5) is 32.8. The second kappa shape index (κ2) is 9.30. The fourth-order valence-corrected chi connectivity index (χ4v) is 1.52. The second-order valence-electron chi connectivity index (χ2n) is 5.25. The van der Waals surface area contributed by atoms with Crippen molar-refractivity contribution in [1.82, 2.24) is 10.6 Å². The smallest absolute Gasteiger partial charge is 0.413 e. The van der Waals surface area contributed by atoms with E-state index in [9.17, 15) is 14.4 Å². The van der Waals surface area contributed by atoms with Crippen molar-refractivity contribution in [1.29, 1.82) is 0 Å². The molecule has 2 amide bonds. The zero-order chi connectivity index (χ0) is 15.6. The van der Waals surface area contributed by atoms with Crippen LogP contribution in [0.25, 0.3) is 0 Å². The number of imide groups is 1. The van der Waals surface area contributed by atoms with Crippen LogP contribution in [0.1, 0.15) is 40.0 Å². The molecule has 0 bridgehead atoms. The number of carbonyl (C=O) groups excluding carboxylic acids is 2. The number of aliphatic carboxylic acids is 1. The van der Waals surface area contributed by atoms with E-state index in [-0.39, 0.29) is 25.0 Å². The van der Waals surface area contributed by atoms with Gasteiger partial charge in [-0.25, -0.2) is 4.79 Å². The van der Waals surface area contributed by atoms with Crippen molar-refractivity contribution in [3.8, 4) is 0 Å². The zero-order valence-corrected chi connectivity index (χ0v) is 12.3. The molecule has 0 unspecified atom stereocenters. The fraction of sp³-hybridized carbons (Fsp3) is 0.769. The predicted molar refractivity (Wildman–Crippen MR) is 73.3 cm³/mol. The Bertz CT molecular complexity index is 342. The number of alkyl carbamates (subject to hydrolysis) is 1. The summed E-state index contributed by atoms with van der Waals surface area (Å²) in [7, 11) is 0. The van der Waals surface area contributed by atoms with Gasteiger partial charge in [-0.15, -0.1) is 0 Å². The number of hydrogen-bond donors (Lipinski definition) is 3. The Labute approximate surface area is 119 Å². The van der Waals surface area contributed by atoms with Gasteiger partial charge < -0.3 is 15.2 Å². The summed E-state index contributed by atoms with van der Waals surface area (Å²) in [5.74, 6) is -1.26. The summed E-state index contributed by atoms with van der Waals surface area (Å²) in [6.07, 6.45) is 0.712. The molecule has 0 aromatic carbocycles. The van der Waals surface area contributed by atoms with E-state index in [1.807, 2.05) is 13.8 Å². The Kier molecular flexibility index (Phi) is 8.54. The third-order valence-corrected chi connectivity index (χ3v) is 2.80. The van der Waals surface area contributed by atoms with E-state index in [2.05, 4.69) is 15.4 Å². The highest BCUT2D eigenvalue weighted by atomic mass is 16.5. The summed E-state index contributed by atoms with van der Waals surface area (Å²) in [5, 5.41) is 13.6. The van der Waals surface area contributed by atoms with Gasteiger partial charge in [0.2, 0.25) is 5.91 Å². The van der Waals surface area contributed by atoms with E-state index in [4.69, 9.17) is 5.11 Å². The third kappa shape index (κ3) is 10.3. The molecule has 0 aromatic heterocycles. The first-order valence-corrected chi connectivity index (χ1v) is 6.66. The molecule has 0 aliphatic heterocycles. The molecule has 0 radical (unpaired) electrons. The molecule has 0 saturated heterocycles. The molecule has 116 valence electrons. The van der Waals surface area contributed by atoms with Crippen LogP contribution in [0, 0.1) is 5.41 Å². The molecule has 0 atom stereocenters. The average molecular weight is 288 g/mol. The van der Waals surface area contributed by atoms with E-state index in [0.29, 0.717) is 13.0 Å². The van der Waals surface area contributed by atoms with Crippen molar-refractivity contribution in [3.63, 3.8) is 0 Å². The quantitative estimate of drug-likeness (QED) is 0.549. The van der Waals surface area contributed by atoms with Crippen LogP contribution in [0.4, 0.5) is 4.79 Å². The minimum atomic E-state index is -0.806. The number of carboxylic acids is 1. The lowest BCUT2D eigenvalue weighted by Gasteiger charge is -2.23. The van der Waals surface area contributed by atoms with Gasteiger partial charge in [0.15, 0.2) is 0 Å². The standard InChI is InChI=1S/C13H24N2O5/c1-4-20-12(19)15-10(16)9-14-8-7-13(2,3)6-5-11(17)18/h14H,4-9H2,1-3H3,(H,17,18)(H,15,16,19). The van der Waals surface area contributed by atoms with Crippen LogP contribution in [-0.4, -0.2) is 42.8 Å². The molecule has 3 N–H and O–H groups in total. The topological polar surface area (TPSA) is 105 Å². The minimum absolute atomic E-state index is 0.0217. The molecule has 0 fully saturated rings. The highest BCUT2D eigenvalue weighted by Crippen LogP contribution is 2.25. The number of carbonyl (C=O) groups is 3. The summed E-state index contributed by atoms with van der Waals surface area (Å²) < 4.78 is 4.57. The lowest BCUT2D eigenvalue weighted by atomic mass is 9.84. The van der Waals surface area contributed by atoms with Gasteiger partial charge >= 0.3 is 12.1 Å². The van der Waals surface area contributed by atoms with Crippen molar-refractivity contribution in [2.75, 3.05) is 19.7 Å². The van der Waals surface area contributed by atoms with Gasteiger partial charge in [-0.05, 0) is 31.7 Å². The van der Waals surface area contributed by atoms with Gasteiger partial charge in [0.05, 0.1) is 13.2 Å². The fourth-order valence-electron chi connectivity index (χ4n) is 1.52. The SMILES string of the molecule is CCOC(=O)NC(=O)CNCCC(C)(C)CCC(=O)O. The molecule has 7 heteroatoms. The maximum absolute atomic E-state index is 11.3. The van der Waals surface area contributed by atoms with E-state index in [1.165, 1.54) is 0 Å². The number of amides is 2. The van der Waals surface area contributed by atoms with Crippen molar-refractivity contribution in [3.05, 3.63) is 0 Å². The Morgan fingerprint density at radius 2 is 1.85 bits per heavy atom. The number of hydrogen-bond acceptors (Lipinski definition) is 5. The highest BCUT2D eigenvalue weighted by Gasteiger charge is 2.18. The Hall–Kier alpha value is -1.63. The Balaban J connectivity index is 3.76. The van der Waals surface area contributed by atoms with Gasteiger partial charge in [-0.1, -0.05) is 13.8 Å². The lowest BCUT2D eigenvalue weighted by molar-refractivity contribution is -0.137. The summed E-state index contributed by atoms with van der Waals surface area (Å²) in [6.45, 7) is 6.43. The molecule has 0 spiro atoms. The molecule has 20 heavy (non-hydrogen) atoms. The molecule has 0 aliphatic rings. The summed E-state index contributed by atoms with van der Waals surface area (Å²) in [5.41, 5.74) is -0.108. The predicted octanol–water partition coefficient (Wildman–Crippen LogP) is 1.13. The molecule has 0 saturated carbocycles. The normalized spacial score (nSPS) is 10.9. The number of carboxylic acid groups (broad SMARTS) is 1. The van der Waals surface area contributed by atoms with Crippen molar-refractivity contribution in [2.24, 2.45) is 5.41 Å². The molecular weight excluding hydrogens is 264 g/mol. The first-order valence-electron chi connectivity index (χ1n) is 6.66. The van der Waals surface area contributed by atoms with E-state index < -0.39 is 18.0 Å². The van der Waals surface area contributed by atoms with Gasteiger partial charge in [0, 0.05) is 6.42 Å². The van der Waals surface area contributed by atoms with Crippen molar-refractivity contribution >= 4 is 18.0 Å². The van der Waals surface area contributed by atoms with Crippen LogP contribution >= 0.6 is 0 Å². The van der Waals surface area contributed by atoms with E-state index in [0.717, 1.165) is 6.42 Å². The molecule has 0 rings (SSSR count). The van der Waals surface area contributed by atoms with E-state index in [1.54, 1.807) is 6.92 Å². The Morgan fingerprint density at radius 3 is 2.40 bits per heavy atom. The van der Waals surface area contributed by atoms with Crippen LogP contribution in [0.5, 0.6) is 0 Å². The lowest BCUT2D eigenvalue weighted by Crippen LogP contribution is -2.38. The van der Waals surface area contributed by atoms with E-state index >= 15 is 0 Å². The average Bonchev–Trinajstić information content (AvgIpc) is 2.33. The minimum Gasteiger partial charge on any atom is -0.481 e. The second-order valence-corrected chi connectivity index (χ2v) is 5.25. The first-order chi connectivity index (χ1) is 9.26. The summed E-state index contributed by atoms with van der Waals surface area (Å²) >= 11 is 0. The maximum Gasteiger partial charge on any atom is 0.413 e. The summed E-state index contributed by atoms with van der Waals surface area (Å²) in [6, 6.07) is 0. The number of nitrogens with one attached hydrogen (secondary N) is 2. The van der Waals surface area contributed by atoms with Crippen LogP contribution in [0.2, 0.25) is 0 Å². The van der Waals surface area contributed by atoms with Gasteiger partial charge in [-0.3, -0.25) is 14.9 Å². The first kappa shape index (κ1) is 18.4. The van der Waals surface area contributed by atoms with Crippen LogP contribution in [0.3, 0.4) is 0 Å². The van der Waals surface area contributed by atoms with Gasteiger partial charge in [-0.2, -0.15) is 0 Å². The zero-order valence-electron chi connectivity index (χ0n) is 12.3. The molecule has 0 aromatic rings. The highest BCUT2D eigenvalue weighted by molar-refractivity contribution is 5.92. The molecule has 7 nitrogen and oxygen atoms in total.